The van der Waals surface area contributed by atoms with Gasteiger partial charge >= 0.3 is 0 Å². The van der Waals surface area contributed by atoms with Crippen LogP contribution in [0.4, 0.5) is 0 Å². The van der Waals surface area contributed by atoms with Crippen molar-refractivity contribution in [2.45, 2.75) is 94.4 Å². The number of methoxy groups -OCH3 is 1. The maximum Gasteiger partial charge on any atom is 0.217 e. The molecule has 0 bridgehead atoms. The molecule has 3 aliphatic heterocycles. The van der Waals surface area contributed by atoms with Crippen LogP contribution in [-0.2, 0) is 67.2 Å². The molecule has 0 spiro atoms. The SMILES string of the molecule is CO[C@H]1O[C@H](CO[C@@H]2O[C@@H]3COC(c4ccccc4)O[C@H]3[C@H](O)[C@@H]2NC(C)=O)[C@@H](OCc2ccccc2)[C@H](OCc2ccccc2)[C@H]1OCc1ccccc1. The molecule has 3 saturated heterocycles. The summed E-state index contributed by atoms with van der Waals surface area (Å²) in [6.07, 6.45) is -8.15. The van der Waals surface area contributed by atoms with Crippen molar-refractivity contribution >= 4 is 5.91 Å². The van der Waals surface area contributed by atoms with Gasteiger partial charge in [0.05, 0.1) is 33.0 Å². The predicted molar refractivity (Wildman–Crippen MR) is 199 cm³/mol. The number of amides is 1. The summed E-state index contributed by atoms with van der Waals surface area (Å²) in [6, 6.07) is 38.0. The van der Waals surface area contributed by atoms with Crippen molar-refractivity contribution in [3.63, 3.8) is 0 Å². The van der Waals surface area contributed by atoms with Crippen molar-refractivity contribution in [2.75, 3.05) is 20.3 Å². The maximum atomic E-state index is 12.5. The quantitative estimate of drug-likeness (QED) is 0.173. The van der Waals surface area contributed by atoms with Gasteiger partial charge in [0.15, 0.2) is 18.9 Å². The zero-order valence-corrected chi connectivity index (χ0v) is 31.0. The van der Waals surface area contributed by atoms with E-state index in [0.717, 1.165) is 22.3 Å². The molecule has 3 aliphatic rings. The Morgan fingerprint density at radius 1 is 0.673 bits per heavy atom. The van der Waals surface area contributed by atoms with Gasteiger partial charge in [0.1, 0.15) is 48.8 Å². The smallest absolute Gasteiger partial charge is 0.217 e. The lowest BCUT2D eigenvalue weighted by Gasteiger charge is -2.49. The van der Waals surface area contributed by atoms with Crippen LogP contribution >= 0.6 is 0 Å². The van der Waals surface area contributed by atoms with Crippen LogP contribution in [0.5, 0.6) is 0 Å². The van der Waals surface area contributed by atoms with Gasteiger partial charge in [-0.3, -0.25) is 4.79 Å². The van der Waals surface area contributed by atoms with Crippen LogP contribution in [0.15, 0.2) is 121 Å². The minimum Gasteiger partial charge on any atom is -0.388 e. The van der Waals surface area contributed by atoms with E-state index in [1.54, 1.807) is 7.11 Å². The minimum atomic E-state index is -1.18. The van der Waals surface area contributed by atoms with Gasteiger partial charge in [0, 0.05) is 19.6 Å². The highest BCUT2D eigenvalue weighted by Crippen LogP contribution is 2.36. The lowest BCUT2D eigenvalue weighted by molar-refractivity contribution is -0.356. The zero-order valence-electron chi connectivity index (χ0n) is 31.0. The molecule has 12 heteroatoms. The van der Waals surface area contributed by atoms with Gasteiger partial charge in [-0.2, -0.15) is 0 Å². The molecule has 1 amide bonds. The molecule has 2 N–H and O–H groups in total. The lowest BCUT2D eigenvalue weighted by atomic mass is 9.95. The Hall–Kier alpha value is -4.05. The molecule has 7 rings (SSSR count). The molecule has 0 radical (unpaired) electrons. The molecule has 4 aromatic carbocycles. The first-order valence-corrected chi connectivity index (χ1v) is 18.7. The van der Waals surface area contributed by atoms with Gasteiger partial charge in [-0.1, -0.05) is 121 Å². The summed E-state index contributed by atoms with van der Waals surface area (Å²) in [5, 5.41) is 14.5. The van der Waals surface area contributed by atoms with E-state index in [9.17, 15) is 9.90 Å². The zero-order chi connectivity index (χ0) is 38.0. The number of nitrogens with one attached hydrogen (secondary N) is 1. The van der Waals surface area contributed by atoms with E-state index in [4.69, 9.17) is 42.6 Å². The molecule has 0 aromatic heterocycles. The van der Waals surface area contributed by atoms with Crippen LogP contribution in [0.25, 0.3) is 0 Å². The number of fused-ring (bicyclic) bond motifs is 1. The van der Waals surface area contributed by atoms with Crippen molar-refractivity contribution in [2.24, 2.45) is 0 Å². The monoisotopic (exact) mass is 755 g/mol. The van der Waals surface area contributed by atoms with Crippen molar-refractivity contribution in [1.82, 2.24) is 5.32 Å². The van der Waals surface area contributed by atoms with Crippen LogP contribution < -0.4 is 5.32 Å². The topological polar surface area (TPSA) is 132 Å². The minimum absolute atomic E-state index is 0.0743. The normalized spacial score (nSPS) is 30.6. The Morgan fingerprint density at radius 3 is 1.75 bits per heavy atom. The third-order valence-electron chi connectivity index (χ3n) is 9.91. The molecular formula is C43H49NO11. The highest BCUT2D eigenvalue weighted by molar-refractivity contribution is 5.73. The van der Waals surface area contributed by atoms with Gasteiger partial charge in [0.2, 0.25) is 5.91 Å². The fourth-order valence-corrected chi connectivity index (χ4v) is 7.16. The molecule has 0 aliphatic carbocycles. The highest BCUT2D eigenvalue weighted by atomic mass is 16.8. The van der Waals surface area contributed by atoms with Crippen LogP contribution in [0.1, 0.15) is 35.5 Å². The fraction of sp³-hybridized carbons (Fsp3) is 0.419. The Morgan fingerprint density at radius 2 is 1.20 bits per heavy atom. The number of hydrogen-bond acceptors (Lipinski definition) is 11. The first kappa shape index (κ1) is 39.2. The summed E-state index contributed by atoms with van der Waals surface area (Å²) in [6.45, 7) is 2.26. The van der Waals surface area contributed by atoms with Gasteiger partial charge in [0.25, 0.3) is 0 Å². The molecule has 55 heavy (non-hydrogen) atoms. The van der Waals surface area contributed by atoms with Crippen LogP contribution in [0.2, 0.25) is 0 Å². The molecule has 12 nitrogen and oxygen atoms in total. The number of hydrogen-bond donors (Lipinski definition) is 2. The number of carbonyl (C=O) groups is 1. The maximum absolute atomic E-state index is 12.5. The molecule has 3 heterocycles. The van der Waals surface area contributed by atoms with Gasteiger partial charge in [-0.15, -0.1) is 0 Å². The average molecular weight is 756 g/mol. The van der Waals surface area contributed by atoms with Crippen LogP contribution in [-0.4, -0.2) is 92.7 Å². The molecule has 1 unspecified atom stereocenters. The predicted octanol–water partition coefficient (Wildman–Crippen LogP) is 4.84. The molecule has 3 fully saturated rings. The van der Waals surface area contributed by atoms with Crippen molar-refractivity contribution < 1.29 is 52.5 Å². The third-order valence-corrected chi connectivity index (χ3v) is 9.91. The number of aliphatic hydroxyl groups is 1. The Bertz CT molecular complexity index is 1740. The van der Waals surface area contributed by atoms with E-state index < -0.39 is 67.6 Å². The molecule has 4 aromatic rings. The molecule has 11 atom stereocenters. The van der Waals surface area contributed by atoms with Crippen LogP contribution in [0, 0.1) is 0 Å². The first-order valence-electron chi connectivity index (χ1n) is 18.7. The summed E-state index contributed by atoms with van der Waals surface area (Å²) in [5.41, 5.74) is 3.72. The van der Waals surface area contributed by atoms with E-state index in [1.165, 1.54) is 6.92 Å². The van der Waals surface area contributed by atoms with E-state index >= 15 is 0 Å². The summed E-state index contributed by atoms with van der Waals surface area (Å²) in [4.78, 5) is 12.5. The second-order valence-electron chi connectivity index (χ2n) is 13.8. The summed E-state index contributed by atoms with van der Waals surface area (Å²) >= 11 is 0. The van der Waals surface area contributed by atoms with Crippen molar-refractivity contribution in [3.05, 3.63) is 144 Å². The van der Waals surface area contributed by atoms with Crippen LogP contribution in [0.3, 0.4) is 0 Å². The molecular weight excluding hydrogens is 706 g/mol. The Labute approximate surface area is 321 Å². The Balaban J connectivity index is 1.13. The molecule has 0 saturated carbocycles. The Kier molecular flexibility index (Phi) is 13.7. The van der Waals surface area contributed by atoms with E-state index in [1.807, 2.05) is 121 Å². The lowest BCUT2D eigenvalue weighted by Crippen LogP contribution is -2.67. The number of ether oxygens (including phenoxy) is 9. The number of aliphatic hydroxyl groups excluding tert-OH is 1. The van der Waals surface area contributed by atoms with E-state index in [2.05, 4.69) is 5.32 Å². The summed E-state index contributed by atoms with van der Waals surface area (Å²) in [7, 11) is 1.56. The number of benzene rings is 4. The summed E-state index contributed by atoms with van der Waals surface area (Å²) in [5.74, 6) is -0.364. The highest BCUT2D eigenvalue weighted by Gasteiger charge is 2.52. The van der Waals surface area contributed by atoms with Crippen molar-refractivity contribution in [3.8, 4) is 0 Å². The average Bonchev–Trinajstić information content (AvgIpc) is 3.23. The van der Waals surface area contributed by atoms with Gasteiger partial charge in [-0.25, -0.2) is 0 Å². The summed E-state index contributed by atoms with van der Waals surface area (Å²) < 4.78 is 57.5. The van der Waals surface area contributed by atoms with Crippen molar-refractivity contribution in [1.29, 1.82) is 0 Å². The third kappa shape index (κ3) is 10.0. The van der Waals surface area contributed by atoms with Gasteiger partial charge < -0.3 is 53.1 Å². The number of carbonyl (C=O) groups excluding carboxylic acids is 1. The second-order valence-corrected chi connectivity index (χ2v) is 13.8. The molecule has 292 valence electrons. The largest absolute Gasteiger partial charge is 0.388 e. The number of rotatable bonds is 15. The fourth-order valence-electron chi connectivity index (χ4n) is 7.16. The standard InChI is InChI=1S/C43H49NO11/c1-28(45)44-35-36(46)37-33(26-51-41(55-37)32-21-13-6-14-22-32)53-42(35)52-27-34-38(48-23-29-15-7-3-8-16-29)39(49-24-30-17-9-4-10-18-30)40(43(47-2)54-34)50-25-31-19-11-5-12-20-31/h3-22,33-43,46H,23-27H2,1-2H3,(H,44,45)/t33-,34-,35+,36-,37-,38-,39+,40-,41?,42-,43+/m1/s1. The van der Waals surface area contributed by atoms with Gasteiger partial charge in [-0.05, 0) is 16.7 Å². The first-order chi connectivity index (χ1) is 27.0. The van der Waals surface area contributed by atoms with E-state index in [0.29, 0.717) is 0 Å². The second kappa shape index (κ2) is 19.2. The van der Waals surface area contributed by atoms with E-state index in [-0.39, 0.29) is 38.9 Å².